The van der Waals surface area contributed by atoms with Gasteiger partial charge in [-0.1, -0.05) is 37.8 Å². The summed E-state index contributed by atoms with van der Waals surface area (Å²) in [7, 11) is 0. The largest absolute Gasteiger partial charge is 0.330 e. The van der Waals surface area contributed by atoms with Gasteiger partial charge in [-0.05, 0) is 68.9 Å². The highest BCUT2D eigenvalue weighted by Gasteiger charge is 2.45. The van der Waals surface area contributed by atoms with Gasteiger partial charge in [-0.2, -0.15) is 0 Å². The van der Waals surface area contributed by atoms with Crippen molar-refractivity contribution in [2.75, 3.05) is 11.4 Å². The maximum atomic E-state index is 13.9. The Bertz CT molecular complexity index is 1250. The van der Waals surface area contributed by atoms with Crippen molar-refractivity contribution < 1.29 is 9.59 Å². The molecule has 190 valence electrons. The number of hydrogen-bond acceptors (Lipinski definition) is 5. The molecule has 0 spiro atoms. The van der Waals surface area contributed by atoms with Gasteiger partial charge in [0.15, 0.2) is 0 Å². The van der Waals surface area contributed by atoms with Crippen LogP contribution in [0, 0.1) is 11.8 Å². The van der Waals surface area contributed by atoms with E-state index < -0.39 is 11.9 Å². The predicted molar refractivity (Wildman–Crippen MR) is 137 cm³/mol. The van der Waals surface area contributed by atoms with Crippen molar-refractivity contribution in [1.29, 1.82) is 0 Å². The molecule has 1 N–H and O–H groups in total. The normalized spacial score (nSPS) is 34.7. The van der Waals surface area contributed by atoms with Crippen molar-refractivity contribution in [2.45, 2.75) is 94.8 Å². The van der Waals surface area contributed by atoms with Crippen LogP contribution in [0.1, 0.15) is 76.7 Å². The lowest BCUT2D eigenvalue weighted by Gasteiger charge is -2.55. The molecule has 36 heavy (non-hydrogen) atoms. The van der Waals surface area contributed by atoms with Gasteiger partial charge in [0.1, 0.15) is 6.54 Å². The van der Waals surface area contributed by atoms with Crippen LogP contribution in [0.4, 0.5) is 10.6 Å². The molecule has 4 bridgehead atoms. The maximum Gasteiger partial charge on any atom is 0.330 e. The number of fused-ring (bicyclic) bond motifs is 5. The van der Waals surface area contributed by atoms with Crippen LogP contribution in [-0.4, -0.2) is 51.1 Å². The fourth-order valence-corrected chi connectivity index (χ4v) is 8.43. The minimum atomic E-state index is -0.569. The molecule has 3 amide bonds. The van der Waals surface area contributed by atoms with Crippen molar-refractivity contribution in [1.82, 2.24) is 19.8 Å². The summed E-state index contributed by atoms with van der Waals surface area (Å²) in [6, 6.07) is 8.92. The lowest BCUT2D eigenvalue weighted by Crippen LogP contribution is -2.58. The van der Waals surface area contributed by atoms with Crippen LogP contribution in [0.25, 0.3) is 11.0 Å². The highest BCUT2D eigenvalue weighted by Crippen LogP contribution is 2.47. The number of piperidine rings is 2. The molecular weight excluding hydrogens is 454 g/mol. The summed E-state index contributed by atoms with van der Waals surface area (Å²) in [4.78, 5) is 46.9. The van der Waals surface area contributed by atoms with Gasteiger partial charge in [-0.25, -0.2) is 9.78 Å². The molecule has 0 radical (unpaired) electrons. The Labute approximate surface area is 211 Å². The van der Waals surface area contributed by atoms with E-state index in [4.69, 9.17) is 0 Å². The monoisotopic (exact) mass is 489 g/mol. The molecule has 4 heterocycles. The molecule has 3 saturated heterocycles. The van der Waals surface area contributed by atoms with Crippen molar-refractivity contribution in [2.24, 2.45) is 11.8 Å². The summed E-state index contributed by atoms with van der Waals surface area (Å²) in [5, 5.41) is 2.28. The van der Waals surface area contributed by atoms with Gasteiger partial charge in [-0.15, -0.1) is 0 Å². The maximum absolute atomic E-state index is 13.9. The fourth-order valence-electron chi connectivity index (χ4n) is 8.43. The lowest BCUT2D eigenvalue weighted by atomic mass is 9.68. The average Bonchev–Trinajstić information content (AvgIpc) is 3.20. The van der Waals surface area contributed by atoms with E-state index in [1.807, 2.05) is 28.8 Å². The topological polar surface area (TPSA) is 87.5 Å². The first-order chi connectivity index (χ1) is 17.5. The van der Waals surface area contributed by atoms with Crippen molar-refractivity contribution in [3.05, 3.63) is 34.6 Å². The summed E-state index contributed by atoms with van der Waals surface area (Å²) in [5.74, 6) is 1.47. The first kappa shape index (κ1) is 22.5. The number of nitrogens with one attached hydrogen (secondary N) is 1. The van der Waals surface area contributed by atoms with Crippen LogP contribution >= 0.6 is 0 Å². The second-order valence-corrected chi connectivity index (χ2v) is 11.9. The standard InChI is InChI=1S/C28H35N5O3/c34-25-16-31(28(36)30-25)26-27(35)33(24-10-2-1-9-23(24)29-26)22-14-19-7-4-8-20(15-22)32(19)21-12-17-5-3-6-18(11-17)13-21/h1-2,9-10,17-22H,3-8,11-16H2,(H,30,34,36)/t17-,18+,19-,20+,21+,22+. The molecule has 2 saturated carbocycles. The molecule has 1 aromatic carbocycles. The molecule has 6 atom stereocenters. The van der Waals surface area contributed by atoms with E-state index in [-0.39, 0.29) is 24.0 Å². The van der Waals surface area contributed by atoms with Crippen LogP contribution < -0.4 is 15.8 Å². The van der Waals surface area contributed by atoms with Gasteiger partial charge < -0.3 is 4.57 Å². The number of hydrogen-bond donors (Lipinski definition) is 1. The SMILES string of the molecule is O=C1CN(c2nc3ccccc3n([C@H]3C[C@H]4CCC[C@@H](C3)N4[C@H]3C[C@@H]4CCC[C@@H](C4)C3)c2=O)C(=O)N1. The number of imide groups is 1. The zero-order valence-electron chi connectivity index (χ0n) is 20.8. The number of para-hydroxylation sites is 2. The Morgan fingerprint density at radius 2 is 1.47 bits per heavy atom. The third-order valence-electron chi connectivity index (χ3n) is 9.72. The summed E-state index contributed by atoms with van der Waals surface area (Å²) in [5.41, 5.74) is 1.25. The molecule has 0 unspecified atom stereocenters. The number of carbonyl (C=O) groups excluding carboxylic acids is 2. The van der Waals surface area contributed by atoms with Crippen LogP contribution in [0.3, 0.4) is 0 Å². The molecule has 3 aliphatic heterocycles. The van der Waals surface area contributed by atoms with Gasteiger partial charge >= 0.3 is 6.03 Å². The summed E-state index contributed by atoms with van der Waals surface area (Å²) >= 11 is 0. The van der Waals surface area contributed by atoms with Gasteiger partial charge in [0.05, 0.1) is 11.0 Å². The van der Waals surface area contributed by atoms with E-state index in [0.717, 1.165) is 30.2 Å². The second kappa shape index (κ2) is 8.68. The molecule has 7 rings (SSSR count). The first-order valence-electron chi connectivity index (χ1n) is 13.9. The highest BCUT2D eigenvalue weighted by molar-refractivity contribution is 6.11. The third-order valence-corrected chi connectivity index (χ3v) is 9.72. The van der Waals surface area contributed by atoms with Crippen LogP contribution in [0.15, 0.2) is 29.1 Å². The van der Waals surface area contributed by atoms with E-state index in [1.54, 1.807) is 0 Å². The summed E-state index contributed by atoms with van der Waals surface area (Å²) < 4.78 is 1.91. The fraction of sp³-hybridized carbons (Fsp3) is 0.643. The van der Waals surface area contributed by atoms with E-state index in [1.165, 1.54) is 62.7 Å². The number of amides is 3. The zero-order valence-corrected chi connectivity index (χ0v) is 20.8. The molecule has 8 nitrogen and oxygen atoms in total. The van der Waals surface area contributed by atoms with E-state index >= 15 is 0 Å². The van der Waals surface area contributed by atoms with Crippen LogP contribution in [0.5, 0.6) is 0 Å². The van der Waals surface area contributed by atoms with Crippen molar-refractivity contribution >= 4 is 28.8 Å². The first-order valence-corrected chi connectivity index (χ1v) is 13.9. The Hall–Kier alpha value is -2.74. The second-order valence-electron chi connectivity index (χ2n) is 11.9. The Kier molecular flexibility index (Phi) is 5.42. The summed E-state index contributed by atoms with van der Waals surface area (Å²) in [6.45, 7) is -0.160. The van der Waals surface area contributed by atoms with Gasteiger partial charge in [0.2, 0.25) is 11.7 Å². The molecule has 5 aliphatic rings. The minimum Gasteiger partial charge on any atom is -0.300 e. The minimum absolute atomic E-state index is 0.0599. The van der Waals surface area contributed by atoms with E-state index in [9.17, 15) is 14.4 Å². The van der Waals surface area contributed by atoms with Crippen LogP contribution in [-0.2, 0) is 4.79 Å². The van der Waals surface area contributed by atoms with Gasteiger partial charge in [0.25, 0.3) is 5.56 Å². The molecular formula is C28H35N5O3. The van der Waals surface area contributed by atoms with E-state index in [2.05, 4.69) is 15.2 Å². The zero-order chi connectivity index (χ0) is 24.4. The molecule has 2 aromatic rings. The molecule has 2 aliphatic carbocycles. The smallest absolute Gasteiger partial charge is 0.300 e. The van der Waals surface area contributed by atoms with Crippen molar-refractivity contribution in [3.8, 4) is 0 Å². The Morgan fingerprint density at radius 3 is 2.17 bits per heavy atom. The Morgan fingerprint density at radius 1 is 0.778 bits per heavy atom. The number of urea groups is 1. The number of aromatic nitrogens is 2. The van der Waals surface area contributed by atoms with E-state index in [0.29, 0.717) is 23.6 Å². The number of nitrogens with zero attached hydrogens (tertiary/aromatic N) is 4. The Balaban J connectivity index is 1.24. The lowest BCUT2D eigenvalue weighted by molar-refractivity contribution is -0.117. The van der Waals surface area contributed by atoms with Gasteiger partial charge in [0, 0.05) is 24.2 Å². The quantitative estimate of drug-likeness (QED) is 0.659. The molecule has 8 heteroatoms. The predicted octanol–water partition coefficient (Wildman–Crippen LogP) is 3.98. The number of carbonyl (C=O) groups is 2. The molecule has 1 aromatic heterocycles. The van der Waals surface area contributed by atoms with Gasteiger partial charge in [-0.3, -0.25) is 24.7 Å². The van der Waals surface area contributed by atoms with Crippen molar-refractivity contribution in [3.63, 3.8) is 0 Å². The number of rotatable bonds is 3. The third kappa shape index (κ3) is 3.67. The molecule has 5 fully saturated rings. The highest BCUT2D eigenvalue weighted by atomic mass is 16.2. The average molecular weight is 490 g/mol. The van der Waals surface area contributed by atoms with Crippen LogP contribution in [0.2, 0.25) is 0 Å². The number of benzene rings is 1. The number of anilines is 1. The summed E-state index contributed by atoms with van der Waals surface area (Å²) in [6.07, 6.45) is 14.0.